The van der Waals surface area contributed by atoms with Gasteiger partial charge in [-0.1, -0.05) is 276 Å². The Morgan fingerprint density at radius 1 is 0.256 bits per heavy atom. The second-order valence-corrected chi connectivity index (χ2v) is 22.0. The minimum atomic E-state index is -0.804. The van der Waals surface area contributed by atoms with Gasteiger partial charge in [0.05, 0.1) is 0 Å². The molecule has 0 bridgehead atoms. The molecule has 0 saturated carbocycles. The molecule has 0 amide bonds. The molecule has 0 aromatic carbocycles. The molecule has 0 radical (unpaired) electrons. The Balaban J connectivity index is 4.45. The topological polar surface area (TPSA) is 78.9 Å². The molecule has 0 aliphatic heterocycles. The van der Waals surface area contributed by atoms with Gasteiger partial charge in [-0.05, 0) is 148 Å². The zero-order valence-electron chi connectivity index (χ0n) is 53.2. The zero-order chi connectivity index (χ0) is 59.2. The molecule has 0 saturated heterocycles. The van der Waals surface area contributed by atoms with E-state index in [2.05, 4.69) is 167 Å². The molecule has 0 aliphatic carbocycles. The SMILES string of the molecule is CC/C=C\C/C=C\C/C=C\C/C=C\C/C=C\C/C=C\C/C=C\C/C=C\CCCCCCC(=O)OCC(COC(=O)CCCCCCCCC/C=C\C/C=C\CCCCC)OC(=O)CCCCCCCCC/C=C\C/C=C\CCCCCC. The van der Waals surface area contributed by atoms with Crippen molar-refractivity contribution in [3.8, 4) is 0 Å². The zero-order valence-corrected chi connectivity index (χ0v) is 53.2. The largest absolute Gasteiger partial charge is 0.462 e. The van der Waals surface area contributed by atoms with E-state index in [0.717, 1.165) is 148 Å². The summed E-state index contributed by atoms with van der Waals surface area (Å²) in [5, 5.41) is 0. The summed E-state index contributed by atoms with van der Waals surface area (Å²) in [6.45, 7) is 6.46. The van der Waals surface area contributed by atoms with Crippen molar-refractivity contribution < 1.29 is 28.6 Å². The number of hydrogen-bond acceptors (Lipinski definition) is 6. The lowest BCUT2D eigenvalue weighted by atomic mass is 10.1. The number of ether oxygens (including phenoxy) is 3. The van der Waals surface area contributed by atoms with Crippen LogP contribution in [0.3, 0.4) is 0 Å². The van der Waals surface area contributed by atoms with Crippen LogP contribution in [0.2, 0.25) is 0 Å². The van der Waals surface area contributed by atoms with Crippen LogP contribution in [0, 0.1) is 0 Å². The van der Waals surface area contributed by atoms with E-state index < -0.39 is 6.10 Å². The lowest BCUT2D eigenvalue weighted by molar-refractivity contribution is -0.167. The number of carbonyl (C=O) groups is 3. The van der Waals surface area contributed by atoms with E-state index in [1.165, 1.54) is 109 Å². The number of carbonyl (C=O) groups excluding carboxylic acids is 3. The van der Waals surface area contributed by atoms with Crippen LogP contribution in [0.4, 0.5) is 0 Å². The first-order valence-electron chi connectivity index (χ1n) is 33.8. The molecule has 0 aliphatic rings. The van der Waals surface area contributed by atoms with E-state index >= 15 is 0 Å². The number of allylic oxidation sites excluding steroid dienone is 24. The van der Waals surface area contributed by atoms with Crippen LogP contribution in [0.5, 0.6) is 0 Å². The van der Waals surface area contributed by atoms with Crippen LogP contribution in [0.1, 0.15) is 297 Å². The van der Waals surface area contributed by atoms with Crippen molar-refractivity contribution in [2.75, 3.05) is 13.2 Å². The predicted molar refractivity (Wildman–Crippen MR) is 357 cm³/mol. The van der Waals surface area contributed by atoms with Crippen molar-refractivity contribution in [2.24, 2.45) is 0 Å². The van der Waals surface area contributed by atoms with Crippen molar-refractivity contribution in [1.82, 2.24) is 0 Å². The molecule has 0 fully saturated rings. The van der Waals surface area contributed by atoms with Crippen molar-refractivity contribution >= 4 is 17.9 Å². The molecule has 82 heavy (non-hydrogen) atoms. The average molecular weight is 1130 g/mol. The Morgan fingerprint density at radius 3 is 0.768 bits per heavy atom. The minimum Gasteiger partial charge on any atom is -0.462 e. The summed E-state index contributed by atoms with van der Waals surface area (Å²) in [4.78, 5) is 38.4. The molecular formula is C76H124O6. The third-order valence-electron chi connectivity index (χ3n) is 14.0. The van der Waals surface area contributed by atoms with Gasteiger partial charge in [-0.3, -0.25) is 14.4 Å². The fraction of sp³-hybridized carbons (Fsp3) is 0.645. The van der Waals surface area contributed by atoms with Crippen LogP contribution in [0.25, 0.3) is 0 Å². The second kappa shape index (κ2) is 68.8. The molecule has 464 valence electrons. The van der Waals surface area contributed by atoms with E-state index in [1.807, 2.05) is 0 Å². The van der Waals surface area contributed by atoms with Crippen molar-refractivity contribution in [3.63, 3.8) is 0 Å². The van der Waals surface area contributed by atoms with Gasteiger partial charge in [0, 0.05) is 19.3 Å². The van der Waals surface area contributed by atoms with Crippen LogP contribution < -0.4 is 0 Å². The number of esters is 3. The molecule has 0 spiro atoms. The first-order chi connectivity index (χ1) is 40.5. The van der Waals surface area contributed by atoms with E-state index in [1.54, 1.807) is 0 Å². The molecule has 1 unspecified atom stereocenters. The lowest BCUT2D eigenvalue weighted by Gasteiger charge is -2.18. The molecular weight excluding hydrogens is 1010 g/mol. The fourth-order valence-electron chi connectivity index (χ4n) is 8.99. The van der Waals surface area contributed by atoms with Gasteiger partial charge in [0.2, 0.25) is 0 Å². The van der Waals surface area contributed by atoms with E-state index in [0.29, 0.717) is 19.3 Å². The third kappa shape index (κ3) is 66.1. The highest BCUT2D eigenvalue weighted by molar-refractivity contribution is 5.71. The van der Waals surface area contributed by atoms with Crippen molar-refractivity contribution in [1.29, 1.82) is 0 Å². The van der Waals surface area contributed by atoms with E-state index in [4.69, 9.17) is 14.2 Å². The summed E-state index contributed by atoms with van der Waals surface area (Å²) < 4.78 is 16.9. The first-order valence-corrected chi connectivity index (χ1v) is 33.8. The van der Waals surface area contributed by atoms with Gasteiger partial charge in [0.1, 0.15) is 13.2 Å². The van der Waals surface area contributed by atoms with Crippen molar-refractivity contribution in [3.05, 3.63) is 146 Å². The molecule has 0 aromatic rings. The van der Waals surface area contributed by atoms with Crippen LogP contribution in [-0.4, -0.2) is 37.2 Å². The Kier molecular flexibility index (Phi) is 64.8. The highest BCUT2D eigenvalue weighted by Crippen LogP contribution is 2.15. The number of unbranched alkanes of at least 4 members (excludes halogenated alkanes) is 25. The summed E-state index contributed by atoms with van der Waals surface area (Å²) >= 11 is 0. The summed E-state index contributed by atoms with van der Waals surface area (Å²) in [5.74, 6) is -0.936. The standard InChI is InChI=1S/C76H124O6/c1-4-7-10-13-16-19-22-25-28-31-33-34-35-36-37-38-39-40-41-42-43-46-48-51-54-57-60-63-66-69-75(78)81-72-73(71-80-74(77)68-65-62-59-56-53-50-47-44-30-27-24-21-18-15-12-9-6-3)82-76(79)70-67-64-61-58-55-52-49-45-32-29-26-23-20-17-14-11-8-5-2/h7,10,16,18-21,23,25,27-30,32-34,36-37,39-40,42-43,48,51,73H,4-6,8-9,11-15,17,22,24,26,31,35,38,41,44-47,49-50,52-72H2,1-3H3/b10-7-,19-16-,21-18-,23-20-,28-25-,30-27-,32-29-,34-33-,37-36-,40-39-,43-42-,51-48-. The predicted octanol–water partition coefficient (Wildman–Crippen LogP) is 23.5. The van der Waals surface area contributed by atoms with Crippen molar-refractivity contribution in [2.45, 2.75) is 303 Å². The fourth-order valence-corrected chi connectivity index (χ4v) is 8.99. The maximum Gasteiger partial charge on any atom is 0.306 e. The Bertz CT molecular complexity index is 1780. The molecule has 6 nitrogen and oxygen atoms in total. The summed E-state index contributed by atoms with van der Waals surface area (Å²) in [6, 6.07) is 0. The summed E-state index contributed by atoms with van der Waals surface area (Å²) in [5.41, 5.74) is 0. The minimum absolute atomic E-state index is 0.0979. The molecule has 0 N–H and O–H groups in total. The third-order valence-corrected chi connectivity index (χ3v) is 14.0. The van der Waals surface area contributed by atoms with Gasteiger partial charge in [-0.2, -0.15) is 0 Å². The summed E-state index contributed by atoms with van der Waals surface area (Å²) in [7, 11) is 0. The van der Waals surface area contributed by atoms with Crippen LogP contribution in [0.15, 0.2) is 146 Å². The highest BCUT2D eigenvalue weighted by atomic mass is 16.6. The Labute approximate surface area is 506 Å². The molecule has 6 heteroatoms. The Morgan fingerprint density at radius 2 is 0.476 bits per heavy atom. The van der Waals surface area contributed by atoms with E-state index in [9.17, 15) is 14.4 Å². The van der Waals surface area contributed by atoms with E-state index in [-0.39, 0.29) is 31.1 Å². The highest BCUT2D eigenvalue weighted by Gasteiger charge is 2.19. The maximum atomic E-state index is 12.9. The lowest BCUT2D eigenvalue weighted by Crippen LogP contribution is -2.30. The molecule has 0 rings (SSSR count). The average Bonchev–Trinajstić information content (AvgIpc) is 3.47. The maximum absolute atomic E-state index is 12.9. The number of hydrogen-bond donors (Lipinski definition) is 0. The van der Waals surface area contributed by atoms with Gasteiger partial charge in [0.25, 0.3) is 0 Å². The van der Waals surface area contributed by atoms with Gasteiger partial charge in [-0.25, -0.2) is 0 Å². The van der Waals surface area contributed by atoms with Gasteiger partial charge < -0.3 is 14.2 Å². The first kappa shape index (κ1) is 77.3. The Hall–Kier alpha value is -4.71. The summed E-state index contributed by atoms with van der Waals surface area (Å²) in [6.07, 6.45) is 98.5. The second-order valence-electron chi connectivity index (χ2n) is 22.0. The normalized spacial score (nSPS) is 13.1. The number of rotatable bonds is 60. The van der Waals surface area contributed by atoms with Crippen LogP contribution >= 0.6 is 0 Å². The molecule has 1 atom stereocenters. The molecule has 0 aromatic heterocycles. The quantitative estimate of drug-likeness (QED) is 0.0261. The molecule has 0 heterocycles. The van der Waals surface area contributed by atoms with Gasteiger partial charge in [-0.15, -0.1) is 0 Å². The van der Waals surface area contributed by atoms with Gasteiger partial charge in [0.15, 0.2) is 6.10 Å². The monoisotopic (exact) mass is 1130 g/mol. The smallest absolute Gasteiger partial charge is 0.306 e. The van der Waals surface area contributed by atoms with Crippen LogP contribution in [-0.2, 0) is 28.6 Å². The van der Waals surface area contributed by atoms with Gasteiger partial charge >= 0.3 is 17.9 Å².